The molecule has 1 rings (SSSR count). The lowest BCUT2D eigenvalue weighted by Gasteiger charge is -2.14. The molecule has 102 valence electrons. The molecule has 18 heavy (non-hydrogen) atoms. The molecule has 0 spiro atoms. The summed E-state index contributed by atoms with van der Waals surface area (Å²) in [4.78, 5) is 0. The van der Waals surface area contributed by atoms with Crippen LogP contribution in [0.2, 0.25) is 0 Å². The zero-order valence-corrected chi connectivity index (χ0v) is 11.8. The van der Waals surface area contributed by atoms with Gasteiger partial charge in [-0.1, -0.05) is 19.1 Å². The predicted molar refractivity (Wildman–Crippen MR) is 77.1 cm³/mol. The molecule has 1 aromatic rings. The fourth-order valence-corrected chi connectivity index (χ4v) is 1.73. The third kappa shape index (κ3) is 6.03. The Balaban J connectivity index is 2.25. The van der Waals surface area contributed by atoms with Crippen LogP contribution in [0.15, 0.2) is 24.3 Å². The first kappa shape index (κ1) is 15.0. The second kappa shape index (κ2) is 8.95. The lowest BCUT2D eigenvalue weighted by atomic mass is 10.2. The SMILES string of the molecule is CCCNCC(C)NCc1ccc(OCC)cc1. The Kier molecular flexibility index (Phi) is 7.46. The summed E-state index contributed by atoms with van der Waals surface area (Å²) in [5, 5.41) is 6.92. The van der Waals surface area contributed by atoms with Crippen molar-refractivity contribution in [2.45, 2.75) is 39.8 Å². The van der Waals surface area contributed by atoms with Gasteiger partial charge >= 0.3 is 0 Å². The molecule has 0 radical (unpaired) electrons. The molecule has 0 amide bonds. The van der Waals surface area contributed by atoms with Crippen molar-refractivity contribution in [3.63, 3.8) is 0 Å². The molecule has 0 aliphatic carbocycles. The molecule has 3 nitrogen and oxygen atoms in total. The van der Waals surface area contributed by atoms with Crippen molar-refractivity contribution in [3.05, 3.63) is 29.8 Å². The van der Waals surface area contributed by atoms with Gasteiger partial charge in [-0.15, -0.1) is 0 Å². The molecule has 0 fully saturated rings. The number of rotatable bonds is 9. The Morgan fingerprint density at radius 2 is 1.89 bits per heavy atom. The Bertz CT molecular complexity index is 311. The minimum atomic E-state index is 0.489. The third-order valence-electron chi connectivity index (χ3n) is 2.77. The van der Waals surface area contributed by atoms with Crippen molar-refractivity contribution in [2.24, 2.45) is 0 Å². The zero-order valence-electron chi connectivity index (χ0n) is 11.8. The monoisotopic (exact) mass is 250 g/mol. The lowest BCUT2D eigenvalue weighted by molar-refractivity contribution is 0.340. The molecular formula is C15H26N2O. The number of hydrogen-bond acceptors (Lipinski definition) is 3. The van der Waals surface area contributed by atoms with Gasteiger partial charge in [0, 0.05) is 19.1 Å². The summed E-state index contributed by atoms with van der Waals surface area (Å²) < 4.78 is 5.42. The number of ether oxygens (including phenoxy) is 1. The lowest BCUT2D eigenvalue weighted by Crippen LogP contribution is -2.36. The number of benzene rings is 1. The van der Waals surface area contributed by atoms with E-state index in [0.717, 1.165) is 32.0 Å². The average molecular weight is 250 g/mol. The predicted octanol–water partition coefficient (Wildman–Crippen LogP) is 2.56. The summed E-state index contributed by atoms with van der Waals surface area (Å²) >= 11 is 0. The van der Waals surface area contributed by atoms with Crippen molar-refractivity contribution in [1.82, 2.24) is 10.6 Å². The summed E-state index contributed by atoms with van der Waals surface area (Å²) in [6, 6.07) is 8.78. The van der Waals surface area contributed by atoms with Gasteiger partial charge in [0.1, 0.15) is 5.75 Å². The van der Waals surface area contributed by atoms with E-state index >= 15 is 0 Å². The largest absolute Gasteiger partial charge is 0.494 e. The fraction of sp³-hybridized carbons (Fsp3) is 0.600. The topological polar surface area (TPSA) is 33.3 Å². The fourth-order valence-electron chi connectivity index (χ4n) is 1.73. The molecule has 0 aliphatic heterocycles. The number of hydrogen-bond donors (Lipinski definition) is 2. The van der Waals surface area contributed by atoms with Gasteiger partial charge < -0.3 is 15.4 Å². The second-order valence-corrected chi connectivity index (χ2v) is 4.56. The summed E-state index contributed by atoms with van der Waals surface area (Å²) in [5.74, 6) is 0.943. The van der Waals surface area contributed by atoms with E-state index in [1.807, 2.05) is 19.1 Å². The standard InChI is InChI=1S/C15H26N2O/c1-4-10-16-11-13(3)17-12-14-6-8-15(9-7-14)18-5-2/h6-9,13,16-17H,4-5,10-12H2,1-3H3. The van der Waals surface area contributed by atoms with Gasteiger partial charge in [0.15, 0.2) is 0 Å². The Morgan fingerprint density at radius 3 is 2.50 bits per heavy atom. The van der Waals surface area contributed by atoms with Gasteiger partial charge in [-0.3, -0.25) is 0 Å². The van der Waals surface area contributed by atoms with Crippen LogP contribution in [0.5, 0.6) is 5.75 Å². The van der Waals surface area contributed by atoms with Crippen LogP contribution in [-0.2, 0) is 6.54 Å². The molecule has 0 saturated heterocycles. The second-order valence-electron chi connectivity index (χ2n) is 4.56. The molecule has 3 heteroatoms. The maximum Gasteiger partial charge on any atom is 0.119 e. The summed E-state index contributed by atoms with van der Waals surface area (Å²) in [6.07, 6.45) is 1.19. The van der Waals surface area contributed by atoms with Gasteiger partial charge in [-0.05, 0) is 44.5 Å². The van der Waals surface area contributed by atoms with Crippen LogP contribution in [-0.4, -0.2) is 25.7 Å². The highest BCUT2D eigenvalue weighted by Crippen LogP contribution is 2.11. The molecule has 1 atom stereocenters. The van der Waals surface area contributed by atoms with Crippen LogP contribution in [0, 0.1) is 0 Å². The molecule has 1 unspecified atom stereocenters. The molecule has 0 bridgehead atoms. The van der Waals surface area contributed by atoms with E-state index in [0.29, 0.717) is 6.04 Å². The highest BCUT2D eigenvalue weighted by Gasteiger charge is 2.01. The third-order valence-corrected chi connectivity index (χ3v) is 2.77. The van der Waals surface area contributed by atoms with Crippen LogP contribution in [0.4, 0.5) is 0 Å². The van der Waals surface area contributed by atoms with Crippen LogP contribution in [0.3, 0.4) is 0 Å². The molecular weight excluding hydrogens is 224 g/mol. The summed E-state index contributed by atoms with van der Waals surface area (Å²) in [5.41, 5.74) is 1.29. The van der Waals surface area contributed by atoms with Crippen LogP contribution >= 0.6 is 0 Å². The van der Waals surface area contributed by atoms with Crippen LogP contribution in [0.1, 0.15) is 32.8 Å². The molecule has 0 aliphatic rings. The normalized spacial score (nSPS) is 12.4. The average Bonchev–Trinajstić information content (AvgIpc) is 2.39. The quantitative estimate of drug-likeness (QED) is 0.661. The maximum atomic E-state index is 5.42. The molecule has 2 N–H and O–H groups in total. The molecule has 1 aromatic carbocycles. The van der Waals surface area contributed by atoms with Crippen molar-refractivity contribution in [3.8, 4) is 5.75 Å². The minimum Gasteiger partial charge on any atom is -0.494 e. The Morgan fingerprint density at radius 1 is 1.17 bits per heavy atom. The summed E-state index contributed by atoms with van der Waals surface area (Å²) in [6.45, 7) is 10.1. The van der Waals surface area contributed by atoms with E-state index in [1.165, 1.54) is 12.0 Å². The van der Waals surface area contributed by atoms with Gasteiger partial charge in [-0.2, -0.15) is 0 Å². The smallest absolute Gasteiger partial charge is 0.119 e. The summed E-state index contributed by atoms with van der Waals surface area (Å²) in [7, 11) is 0. The van der Waals surface area contributed by atoms with Crippen molar-refractivity contribution in [1.29, 1.82) is 0 Å². The molecule has 0 aromatic heterocycles. The van der Waals surface area contributed by atoms with E-state index in [2.05, 4.69) is 36.6 Å². The molecule has 0 heterocycles. The minimum absolute atomic E-state index is 0.489. The van der Waals surface area contributed by atoms with Crippen LogP contribution < -0.4 is 15.4 Å². The Labute approximate surface area is 111 Å². The van der Waals surface area contributed by atoms with Crippen molar-refractivity contribution in [2.75, 3.05) is 19.7 Å². The van der Waals surface area contributed by atoms with E-state index < -0.39 is 0 Å². The molecule has 0 saturated carbocycles. The van der Waals surface area contributed by atoms with Gasteiger partial charge in [-0.25, -0.2) is 0 Å². The first-order valence-corrected chi connectivity index (χ1v) is 6.92. The highest BCUT2D eigenvalue weighted by atomic mass is 16.5. The van der Waals surface area contributed by atoms with Gasteiger partial charge in [0.25, 0.3) is 0 Å². The van der Waals surface area contributed by atoms with E-state index in [1.54, 1.807) is 0 Å². The van der Waals surface area contributed by atoms with Gasteiger partial charge in [0.05, 0.1) is 6.61 Å². The Hall–Kier alpha value is -1.06. The maximum absolute atomic E-state index is 5.42. The first-order chi connectivity index (χ1) is 8.76. The van der Waals surface area contributed by atoms with Gasteiger partial charge in [0.2, 0.25) is 0 Å². The van der Waals surface area contributed by atoms with E-state index in [-0.39, 0.29) is 0 Å². The van der Waals surface area contributed by atoms with Crippen LogP contribution in [0.25, 0.3) is 0 Å². The first-order valence-electron chi connectivity index (χ1n) is 6.92. The van der Waals surface area contributed by atoms with E-state index in [9.17, 15) is 0 Å². The number of nitrogens with one attached hydrogen (secondary N) is 2. The van der Waals surface area contributed by atoms with Crippen molar-refractivity contribution >= 4 is 0 Å². The zero-order chi connectivity index (χ0) is 13.2. The highest BCUT2D eigenvalue weighted by molar-refractivity contribution is 5.27. The van der Waals surface area contributed by atoms with E-state index in [4.69, 9.17) is 4.74 Å². The van der Waals surface area contributed by atoms with Crippen molar-refractivity contribution < 1.29 is 4.74 Å².